The number of guanidine groups is 1. The van der Waals surface area contributed by atoms with Crippen molar-refractivity contribution in [2.24, 2.45) is 10.7 Å². The Morgan fingerprint density at radius 3 is 2.48 bits per heavy atom. The Morgan fingerprint density at radius 1 is 1.02 bits per heavy atom. The van der Waals surface area contributed by atoms with E-state index in [2.05, 4.69) is 25.3 Å². The van der Waals surface area contributed by atoms with E-state index in [4.69, 9.17) is 11.5 Å². The molecule has 4 aromatic rings. The van der Waals surface area contributed by atoms with Crippen LogP contribution in [0, 0.1) is 0 Å². The molecule has 0 saturated carbocycles. The summed E-state index contributed by atoms with van der Waals surface area (Å²) in [6.45, 7) is 3.37. The number of likely N-dealkylation sites (N-methyl/N-ethyl adjacent to an activating group) is 1. The van der Waals surface area contributed by atoms with Crippen molar-refractivity contribution in [1.29, 1.82) is 0 Å². The number of anilines is 2. The molecule has 0 amide bonds. The zero-order valence-electron chi connectivity index (χ0n) is 21.9. The van der Waals surface area contributed by atoms with Crippen molar-refractivity contribution >= 4 is 23.2 Å². The highest BCUT2D eigenvalue weighted by molar-refractivity contribution is 5.94. The van der Waals surface area contributed by atoms with Crippen LogP contribution in [-0.2, 0) is 12.7 Å². The van der Waals surface area contributed by atoms with Gasteiger partial charge in [0.2, 0.25) is 0 Å². The molecule has 5 rings (SSSR count). The maximum absolute atomic E-state index is 13.9. The highest BCUT2D eigenvalue weighted by atomic mass is 19.4. The molecule has 3 heterocycles. The van der Waals surface area contributed by atoms with Gasteiger partial charge in [0.25, 0.3) is 0 Å². The summed E-state index contributed by atoms with van der Waals surface area (Å²) in [5.74, 6) is 0.351. The number of benzene rings is 2. The zero-order valence-corrected chi connectivity index (χ0v) is 21.9. The molecular formula is C28H30F3N9. The minimum absolute atomic E-state index is 0.0208. The number of halogens is 3. The van der Waals surface area contributed by atoms with E-state index >= 15 is 0 Å². The molecule has 9 nitrogen and oxygen atoms in total. The number of nitrogens with one attached hydrogen (secondary N) is 1. The normalized spacial score (nSPS) is 15.3. The SMILES string of the molecule is CN1CCN(Cc2ccc(NC(N)=Nc3ccc(-c4cnn(-c5cccnc5N)c4)cc3)cc2C(F)(F)F)CC1. The summed E-state index contributed by atoms with van der Waals surface area (Å²) in [5, 5.41) is 7.15. The van der Waals surface area contributed by atoms with Gasteiger partial charge >= 0.3 is 6.18 Å². The van der Waals surface area contributed by atoms with Gasteiger partial charge in [-0.25, -0.2) is 14.7 Å². The number of hydrogen-bond acceptors (Lipinski definition) is 6. The fourth-order valence-electron chi connectivity index (χ4n) is 4.55. The molecule has 0 atom stereocenters. The minimum atomic E-state index is -4.49. The first-order valence-corrected chi connectivity index (χ1v) is 12.7. The first-order valence-electron chi connectivity index (χ1n) is 12.7. The molecule has 5 N–H and O–H groups in total. The number of pyridine rings is 1. The number of nitrogens with zero attached hydrogens (tertiary/aromatic N) is 6. The van der Waals surface area contributed by atoms with Gasteiger partial charge in [-0.1, -0.05) is 18.2 Å². The van der Waals surface area contributed by atoms with Crippen LogP contribution in [0.4, 0.5) is 30.4 Å². The van der Waals surface area contributed by atoms with Crippen molar-refractivity contribution in [3.63, 3.8) is 0 Å². The van der Waals surface area contributed by atoms with E-state index in [1.807, 2.05) is 36.3 Å². The summed E-state index contributed by atoms with van der Waals surface area (Å²) < 4.78 is 43.3. The molecule has 1 fully saturated rings. The van der Waals surface area contributed by atoms with E-state index < -0.39 is 11.7 Å². The lowest BCUT2D eigenvalue weighted by atomic mass is 10.0. The summed E-state index contributed by atoms with van der Waals surface area (Å²) in [6.07, 6.45) is 0.681. The zero-order chi connectivity index (χ0) is 28.3. The van der Waals surface area contributed by atoms with E-state index in [1.54, 1.807) is 41.3 Å². The Labute approximate surface area is 229 Å². The van der Waals surface area contributed by atoms with Crippen molar-refractivity contribution in [2.45, 2.75) is 12.7 Å². The summed E-state index contributed by atoms with van der Waals surface area (Å²) in [7, 11) is 2.01. The van der Waals surface area contributed by atoms with Crippen LogP contribution in [-0.4, -0.2) is 63.8 Å². The van der Waals surface area contributed by atoms with Crippen LogP contribution in [0.3, 0.4) is 0 Å². The summed E-state index contributed by atoms with van der Waals surface area (Å²) >= 11 is 0. The van der Waals surface area contributed by atoms with E-state index in [1.165, 1.54) is 6.07 Å². The first kappa shape index (κ1) is 27.2. The van der Waals surface area contributed by atoms with Gasteiger partial charge in [0.05, 0.1) is 17.4 Å². The number of piperazine rings is 1. The number of hydrogen-bond donors (Lipinski definition) is 3. The van der Waals surface area contributed by atoms with E-state index in [9.17, 15) is 13.2 Å². The number of alkyl halides is 3. The number of nitrogens with two attached hydrogens (primary N) is 2. The Balaban J connectivity index is 1.28. The van der Waals surface area contributed by atoms with Crippen LogP contribution in [0.25, 0.3) is 16.8 Å². The minimum Gasteiger partial charge on any atom is -0.382 e. The van der Waals surface area contributed by atoms with Crippen molar-refractivity contribution in [1.82, 2.24) is 24.6 Å². The lowest BCUT2D eigenvalue weighted by Gasteiger charge is -2.33. The first-order chi connectivity index (χ1) is 19.2. The fraction of sp³-hybridized carbons (Fsp3) is 0.250. The van der Waals surface area contributed by atoms with E-state index in [0.29, 0.717) is 17.2 Å². The second-order valence-corrected chi connectivity index (χ2v) is 9.70. The molecular weight excluding hydrogens is 519 g/mol. The molecule has 1 aliphatic heterocycles. The Bertz CT molecular complexity index is 1490. The molecule has 2 aromatic heterocycles. The van der Waals surface area contributed by atoms with E-state index in [-0.39, 0.29) is 23.8 Å². The molecule has 12 heteroatoms. The van der Waals surface area contributed by atoms with Gasteiger partial charge in [-0.3, -0.25) is 4.90 Å². The Hall–Kier alpha value is -4.42. The molecule has 2 aromatic carbocycles. The molecule has 1 aliphatic rings. The number of rotatable bonds is 6. The van der Waals surface area contributed by atoms with Crippen molar-refractivity contribution in [3.8, 4) is 16.8 Å². The highest BCUT2D eigenvalue weighted by Crippen LogP contribution is 2.34. The summed E-state index contributed by atoms with van der Waals surface area (Å²) in [4.78, 5) is 12.6. The average molecular weight is 550 g/mol. The lowest BCUT2D eigenvalue weighted by molar-refractivity contribution is -0.138. The van der Waals surface area contributed by atoms with Crippen LogP contribution >= 0.6 is 0 Å². The Morgan fingerprint density at radius 2 is 1.77 bits per heavy atom. The van der Waals surface area contributed by atoms with Crippen LogP contribution in [0.5, 0.6) is 0 Å². The van der Waals surface area contributed by atoms with Crippen LogP contribution in [0.15, 0.2) is 78.2 Å². The second-order valence-electron chi connectivity index (χ2n) is 9.70. The third-order valence-corrected chi connectivity index (χ3v) is 6.77. The van der Waals surface area contributed by atoms with Crippen LogP contribution in [0.2, 0.25) is 0 Å². The van der Waals surface area contributed by atoms with Crippen molar-refractivity contribution in [2.75, 3.05) is 44.3 Å². The molecule has 0 spiro atoms. The smallest absolute Gasteiger partial charge is 0.382 e. The Kier molecular flexibility index (Phi) is 7.71. The van der Waals surface area contributed by atoms with Gasteiger partial charge in [-0.2, -0.15) is 18.3 Å². The molecule has 0 aliphatic carbocycles. The number of aromatic nitrogens is 3. The predicted octanol–water partition coefficient (Wildman–Crippen LogP) is 4.34. The third kappa shape index (κ3) is 6.41. The fourth-order valence-corrected chi connectivity index (χ4v) is 4.55. The van der Waals surface area contributed by atoms with Gasteiger partial charge in [-0.15, -0.1) is 0 Å². The van der Waals surface area contributed by atoms with Crippen molar-refractivity contribution in [3.05, 3.63) is 84.3 Å². The standard InChI is InChI=1S/C28H30F3N9/c1-38-11-13-39(14-12-38)17-20-6-9-23(15-24(20)28(29,30)31)37-27(33)36-22-7-4-19(5-8-22)21-16-35-40(18-21)25-3-2-10-34-26(25)32/h2-10,15-16,18H,11-14,17H2,1H3,(H2,32,34)(H3,33,36,37). The molecule has 0 radical (unpaired) electrons. The van der Waals surface area contributed by atoms with Gasteiger partial charge in [-0.05, 0) is 54.6 Å². The van der Waals surface area contributed by atoms with Crippen molar-refractivity contribution < 1.29 is 13.2 Å². The van der Waals surface area contributed by atoms with Crippen LogP contribution in [0.1, 0.15) is 11.1 Å². The molecule has 208 valence electrons. The van der Waals surface area contributed by atoms with E-state index in [0.717, 1.165) is 43.4 Å². The van der Waals surface area contributed by atoms with Gasteiger partial charge < -0.3 is 21.7 Å². The summed E-state index contributed by atoms with van der Waals surface area (Å²) in [6, 6.07) is 15.0. The van der Waals surface area contributed by atoms with Gasteiger partial charge in [0, 0.05) is 56.4 Å². The largest absolute Gasteiger partial charge is 0.416 e. The maximum Gasteiger partial charge on any atom is 0.416 e. The number of nitrogen functional groups attached to an aromatic ring is 1. The lowest BCUT2D eigenvalue weighted by Crippen LogP contribution is -2.44. The topological polar surface area (TPSA) is 114 Å². The predicted molar refractivity (Wildman–Crippen MR) is 150 cm³/mol. The van der Waals surface area contributed by atoms with Crippen LogP contribution < -0.4 is 16.8 Å². The molecule has 1 saturated heterocycles. The maximum atomic E-state index is 13.9. The average Bonchev–Trinajstić information content (AvgIpc) is 3.41. The second kappa shape index (κ2) is 11.4. The number of aliphatic imine (C=N–C) groups is 1. The molecule has 0 unspecified atom stereocenters. The summed E-state index contributed by atoms with van der Waals surface area (Å²) in [5.41, 5.74) is 14.7. The van der Waals surface area contributed by atoms with Gasteiger partial charge in [0.1, 0.15) is 11.5 Å². The quantitative estimate of drug-likeness (QED) is 0.242. The highest BCUT2D eigenvalue weighted by Gasteiger charge is 2.34. The third-order valence-electron chi connectivity index (χ3n) is 6.77. The monoisotopic (exact) mass is 549 g/mol. The molecule has 0 bridgehead atoms. The molecule has 40 heavy (non-hydrogen) atoms. The van der Waals surface area contributed by atoms with Gasteiger partial charge in [0.15, 0.2) is 5.96 Å².